The minimum Gasteiger partial charge on any atom is -0.481 e. The fourth-order valence-electron chi connectivity index (χ4n) is 1.38. The summed E-state index contributed by atoms with van der Waals surface area (Å²) in [4.78, 5) is 8.49. The third kappa shape index (κ3) is 4.03. The van der Waals surface area contributed by atoms with E-state index in [1.54, 1.807) is 20.3 Å². The van der Waals surface area contributed by atoms with Crippen molar-refractivity contribution in [3.63, 3.8) is 0 Å². The monoisotopic (exact) mass is 272 g/mol. The summed E-state index contributed by atoms with van der Waals surface area (Å²) in [5.41, 5.74) is 0. The first-order valence-electron chi connectivity index (χ1n) is 5.89. The van der Waals surface area contributed by atoms with Crippen molar-refractivity contribution in [3.05, 3.63) is 6.07 Å². The topological polar surface area (TPSA) is 64.5 Å². The summed E-state index contributed by atoms with van der Waals surface area (Å²) in [6.45, 7) is 4.30. The van der Waals surface area contributed by atoms with Gasteiger partial charge in [0.05, 0.1) is 26.9 Å². The number of aromatic nitrogens is 2. The van der Waals surface area contributed by atoms with Crippen LogP contribution in [0.4, 0.5) is 0 Å². The highest BCUT2D eigenvalue weighted by molar-refractivity contribution is 7.99. The van der Waals surface area contributed by atoms with E-state index >= 15 is 0 Å². The average Bonchev–Trinajstić information content (AvgIpc) is 2.43. The Morgan fingerprint density at radius 2 is 1.83 bits per heavy atom. The lowest BCUT2D eigenvalue weighted by Crippen LogP contribution is -2.18. The number of aliphatic hydroxyl groups is 1. The Hall–Kier alpha value is -1.01. The number of nitrogens with zero attached hydrogens (tertiary/aromatic N) is 2. The Kier molecular flexibility index (Phi) is 6.21. The first kappa shape index (κ1) is 15.0. The molecule has 1 aromatic heterocycles. The molecule has 0 aliphatic carbocycles. The maximum Gasteiger partial charge on any atom is 0.220 e. The van der Waals surface area contributed by atoms with Crippen LogP contribution in [0.5, 0.6) is 11.8 Å². The minimum absolute atomic E-state index is 0.0758. The molecule has 0 aliphatic rings. The lowest BCUT2D eigenvalue weighted by Gasteiger charge is -2.19. The quantitative estimate of drug-likeness (QED) is 0.605. The number of thioether (sulfide) groups is 1. The zero-order valence-corrected chi connectivity index (χ0v) is 12.0. The van der Waals surface area contributed by atoms with Gasteiger partial charge < -0.3 is 14.6 Å². The third-order valence-electron chi connectivity index (χ3n) is 2.79. The molecule has 18 heavy (non-hydrogen) atoms. The van der Waals surface area contributed by atoms with Gasteiger partial charge in [0.1, 0.15) is 0 Å². The molecule has 0 spiro atoms. The molecule has 1 N–H and O–H groups in total. The minimum atomic E-state index is 0.0758. The Morgan fingerprint density at radius 3 is 2.22 bits per heavy atom. The van der Waals surface area contributed by atoms with Crippen molar-refractivity contribution in [2.24, 2.45) is 5.92 Å². The van der Waals surface area contributed by atoms with E-state index in [0.29, 0.717) is 22.8 Å². The van der Waals surface area contributed by atoms with Gasteiger partial charge in [-0.3, -0.25) is 0 Å². The average molecular weight is 272 g/mol. The zero-order chi connectivity index (χ0) is 13.5. The predicted octanol–water partition coefficient (Wildman–Crippen LogP) is 1.99. The molecule has 1 rings (SSSR count). The van der Waals surface area contributed by atoms with Crippen molar-refractivity contribution in [1.29, 1.82) is 0 Å². The van der Waals surface area contributed by atoms with Crippen LogP contribution in [0.15, 0.2) is 11.2 Å². The van der Waals surface area contributed by atoms with Crippen molar-refractivity contribution >= 4 is 11.8 Å². The highest BCUT2D eigenvalue weighted by atomic mass is 32.2. The third-order valence-corrected chi connectivity index (χ3v) is 4.10. The summed E-state index contributed by atoms with van der Waals surface area (Å²) in [5.74, 6) is 1.32. The van der Waals surface area contributed by atoms with Crippen molar-refractivity contribution in [3.8, 4) is 11.8 Å². The number of aliphatic hydroxyl groups excluding tert-OH is 1. The molecule has 1 aromatic rings. The van der Waals surface area contributed by atoms with Crippen LogP contribution < -0.4 is 9.47 Å². The SMILES string of the molecule is CCC(C)C(CO)Sc1nc(OC)cc(OC)n1. The molecule has 0 fully saturated rings. The summed E-state index contributed by atoms with van der Waals surface area (Å²) in [6, 6.07) is 1.63. The molecule has 0 saturated carbocycles. The molecule has 6 heteroatoms. The summed E-state index contributed by atoms with van der Waals surface area (Å²) >= 11 is 1.45. The van der Waals surface area contributed by atoms with Crippen molar-refractivity contribution in [2.75, 3.05) is 20.8 Å². The Labute approximate surface area is 112 Å². The van der Waals surface area contributed by atoms with Gasteiger partial charge in [-0.05, 0) is 5.92 Å². The molecule has 0 radical (unpaired) electrons. The molecule has 102 valence electrons. The lowest BCUT2D eigenvalue weighted by molar-refractivity contribution is 0.268. The normalized spacial score (nSPS) is 14.1. The second kappa shape index (κ2) is 7.43. The number of hydrogen-bond donors (Lipinski definition) is 1. The van der Waals surface area contributed by atoms with Crippen LogP contribution in [0.3, 0.4) is 0 Å². The molecular formula is C12H20N2O3S. The molecule has 5 nitrogen and oxygen atoms in total. The fourth-order valence-corrected chi connectivity index (χ4v) is 2.43. The van der Waals surface area contributed by atoms with E-state index < -0.39 is 0 Å². The maximum atomic E-state index is 9.40. The Morgan fingerprint density at radius 1 is 1.28 bits per heavy atom. The number of rotatable bonds is 7. The fraction of sp³-hybridized carbons (Fsp3) is 0.667. The van der Waals surface area contributed by atoms with Crippen LogP contribution in [0, 0.1) is 5.92 Å². The molecule has 0 saturated heterocycles. The van der Waals surface area contributed by atoms with Gasteiger partial charge in [0.15, 0.2) is 5.16 Å². The van der Waals surface area contributed by atoms with Gasteiger partial charge in [0.25, 0.3) is 0 Å². The van der Waals surface area contributed by atoms with Crippen LogP contribution in [-0.2, 0) is 0 Å². The molecule has 1 heterocycles. The maximum absolute atomic E-state index is 9.40. The lowest BCUT2D eigenvalue weighted by atomic mass is 10.1. The second-order valence-electron chi connectivity index (χ2n) is 3.96. The standard InChI is InChI=1S/C12H20N2O3S/c1-5-8(2)9(7-15)18-12-13-10(16-3)6-11(14-12)17-4/h6,8-9,15H,5,7H2,1-4H3. The van der Waals surface area contributed by atoms with Gasteiger partial charge in [-0.1, -0.05) is 32.0 Å². The van der Waals surface area contributed by atoms with E-state index in [4.69, 9.17) is 9.47 Å². The van der Waals surface area contributed by atoms with Gasteiger partial charge in [-0.25, -0.2) is 0 Å². The molecule has 0 bridgehead atoms. The van der Waals surface area contributed by atoms with Gasteiger partial charge in [0.2, 0.25) is 11.8 Å². The van der Waals surface area contributed by atoms with E-state index in [1.165, 1.54) is 11.8 Å². The summed E-state index contributed by atoms with van der Waals surface area (Å²) in [7, 11) is 3.10. The summed E-state index contributed by atoms with van der Waals surface area (Å²) in [6.07, 6.45) is 0.999. The van der Waals surface area contributed by atoms with Gasteiger partial charge in [-0.15, -0.1) is 0 Å². The first-order valence-corrected chi connectivity index (χ1v) is 6.77. The Bertz CT molecular complexity index is 354. The van der Waals surface area contributed by atoms with Gasteiger partial charge in [0, 0.05) is 5.25 Å². The van der Waals surface area contributed by atoms with Crippen molar-refractivity contribution < 1.29 is 14.6 Å². The number of ether oxygens (including phenoxy) is 2. The molecule has 0 amide bonds. The smallest absolute Gasteiger partial charge is 0.220 e. The van der Waals surface area contributed by atoms with E-state index in [-0.39, 0.29) is 11.9 Å². The largest absolute Gasteiger partial charge is 0.481 e. The Balaban J connectivity index is 2.87. The van der Waals surface area contributed by atoms with Crippen LogP contribution in [0.2, 0.25) is 0 Å². The predicted molar refractivity (Wildman–Crippen MR) is 71.3 cm³/mol. The van der Waals surface area contributed by atoms with E-state index in [2.05, 4.69) is 23.8 Å². The first-order chi connectivity index (χ1) is 8.64. The molecule has 2 atom stereocenters. The van der Waals surface area contributed by atoms with Gasteiger partial charge in [-0.2, -0.15) is 9.97 Å². The molecule has 0 aliphatic heterocycles. The number of hydrogen-bond acceptors (Lipinski definition) is 6. The van der Waals surface area contributed by atoms with E-state index in [1.807, 2.05) is 0 Å². The van der Waals surface area contributed by atoms with Crippen LogP contribution in [0.25, 0.3) is 0 Å². The van der Waals surface area contributed by atoms with Crippen molar-refractivity contribution in [1.82, 2.24) is 9.97 Å². The molecule has 2 unspecified atom stereocenters. The molecule has 0 aromatic carbocycles. The summed E-state index contributed by atoms with van der Waals surface area (Å²) < 4.78 is 10.2. The van der Waals surface area contributed by atoms with E-state index in [0.717, 1.165) is 6.42 Å². The molecular weight excluding hydrogens is 252 g/mol. The second-order valence-corrected chi connectivity index (χ2v) is 5.17. The van der Waals surface area contributed by atoms with Gasteiger partial charge >= 0.3 is 0 Å². The summed E-state index contributed by atoms with van der Waals surface area (Å²) in [5, 5.41) is 10.0. The van der Waals surface area contributed by atoms with E-state index in [9.17, 15) is 5.11 Å². The highest BCUT2D eigenvalue weighted by Gasteiger charge is 2.18. The van der Waals surface area contributed by atoms with Crippen molar-refractivity contribution in [2.45, 2.75) is 30.7 Å². The zero-order valence-electron chi connectivity index (χ0n) is 11.2. The van der Waals surface area contributed by atoms with Crippen LogP contribution in [-0.4, -0.2) is 41.2 Å². The van der Waals surface area contributed by atoms with Crippen LogP contribution >= 0.6 is 11.8 Å². The van der Waals surface area contributed by atoms with Crippen LogP contribution in [0.1, 0.15) is 20.3 Å². The number of methoxy groups -OCH3 is 2. The highest BCUT2D eigenvalue weighted by Crippen LogP contribution is 2.29.